The molecule has 0 atom stereocenters. The molecule has 0 bridgehead atoms. The molecule has 9 nitrogen and oxygen atoms in total. The molecular weight excluding hydrogens is 384 g/mol. The molecule has 0 aliphatic carbocycles. The molecule has 154 valence electrons. The molecule has 0 spiro atoms. The fourth-order valence-electron chi connectivity index (χ4n) is 3.46. The highest BCUT2D eigenvalue weighted by atomic mass is 16.2. The first-order valence-electron chi connectivity index (χ1n) is 9.89. The highest BCUT2D eigenvalue weighted by molar-refractivity contribution is 5.96. The Morgan fingerprint density at radius 3 is 2.83 bits per heavy atom. The molecule has 1 amide bonds. The Kier molecular flexibility index (Phi) is 5.42. The summed E-state index contributed by atoms with van der Waals surface area (Å²) in [6.45, 7) is 3.56. The second-order valence-corrected chi connectivity index (χ2v) is 7.04. The molecule has 4 rings (SSSR count). The smallest absolute Gasteiger partial charge is 0.329 e. The highest BCUT2D eigenvalue weighted by Crippen LogP contribution is 2.12. The van der Waals surface area contributed by atoms with E-state index >= 15 is 0 Å². The molecule has 30 heavy (non-hydrogen) atoms. The number of hydrogen-bond acceptors (Lipinski definition) is 5. The van der Waals surface area contributed by atoms with E-state index in [2.05, 4.69) is 20.3 Å². The van der Waals surface area contributed by atoms with Gasteiger partial charge in [0.25, 0.3) is 11.5 Å². The van der Waals surface area contributed by atoms with Gasteiger partial charge in [0, 0.05) is 25.8 Å². The minimum absolute atomic E-state index is 0.223. The third-order valence-corrected chi connectivity index (χ3v) is 4.93. The summed E-state index contributed by atoms with van der Waals surface area (Å²) in [5, 5.41) is 3.07. The van der Waals surface area contributed by atoms with E-state index in [1.54, 1.807) is 6.33 Å². The van der Waals surface area contributed by atoms with Gasteiger partial charge in [-0.3, -0.25) is 19.1 Å². The van der Waals surface area contributed by atoms with Crippen LogP contribution in [0.4, 0.5) is 0 Å². The van der Waals surface area contributed by atoms with Crippen molar-refractivity contribution in [3.8, 4) is 0 Å². The van der Waals surface area contributed by atoms with Crippen molar-refractivity contribution in [1.29, 1.82) is 0 Å². The average Bonchev–Trinajstić information content (AvgIpc) is 3.17. The zero-order valence-electron chi connectivity index (χ0n) is 16.6. The van der Waals surface area contributed by atoms with Crippen LogP contribution in [-0.2, 0) is 13.1 Å². The number of nitrogens with one attached hydrogen (secondary N) is 2. The summed E-state index contributed by atoms with van der Waals surface area (Å²) < 4.78 is 3.46. The van der Waals surface area contributed by atoms with Crippen molar-refractivity contribution in [3.63, 3.8) is 0 Å². The van der Waals surface area contributed by atoms with Crippen molar-refractivity contribution >= 4 is 28.0 Å². The van der Waals surface area contributed by atoms with Gasteiger partial charge < -0.3 is 9.88 Å². The molecule has 0 saturated heterocycles. The van der Waals surface area contributed by atoms with E-state index in [1.807, 2.05) is 35.8 Å². The van der Waals surface area contributed by atoms with Crippen LogP contribution >= 0.6 is 0 Å². The maximum atomic E-state index is 12.5. The molecule has 3 aromatic heterocycles. The summed E-state index contributed by atoms with van der Waals surface area (Å²) in [4.78, 5) is 47.5. The fraction of sp³-hybridized carbons (Fsp3) is 0.286. The molecule has 0 fully saturated rings. The first-order chi connectivity index (χ1) is 14.6. The third kappa shape index (κ3) is 3.73. The number of carbonyl (C=O) groups excluding carboxylic acids is 1. The molecule has 0 saturated carbocycles. The van der Waals surface area contributed by atoms with Crippen molar-refractivity contribution in [1.82, 2.24) is 29.4 Å². The van der Waals surface area contributed by atoms with Gasteiger partial charge in [-0.2, -0.15) is 0 Å². The third-order valence-electron chi connectivity index (χ3n) is 4.93. The lowest BCUT2D eigenvalue weighted by molar-refractivity contribution is 0.0952. The van der Waals surface area contributed by atoms with Crippen molar-refractivity contribution in [2.24, 2.45) is 0 Å². The number of carbonyl (C=O) groups is 1. The van der Waals surface area contributed by atoms with Crippen LogP contribution in [0.25, 0.3) is 22.1 Å². The molecule has 4 aromatic rings. The SMILES string of the molecule is CCCn1c(=O)[nH]c(=O)c2cc(C(=O)NCCCn3cnc4ccccc43)cnc21. The van der Waals surface area contributed by atoms with Gasteiger partial charge in [-0.15, -0.1) is 0 Å². The van der Waals surface area contributed by atoms with E-state index < -0.39 is 11.2 Å². The van der Waals surface area contributed by atoms with Crippen LogP contribution in [0.5, 0.6) is 0 Å². The van der Waals surface area contributed by atoms with E-state index in [4.69, 9.17) is 0 Å². The van der Waals surface area contributed by atoms with Crippen LogP contribution in [-0.4, -0.2) is 36.5 Å². The Balaban J connectivity index is 1.44. The molecule has 0 radical (unpaired) electrons. The number of benzene rings is 1. The molecule has 9 heteroatoms. The molecule has 3 heterocycles. The number of aromatic amines is 1. The first-order valence-corrected chi connectivity index (χ1v) is 9.89. The lowest BCUT2D eigenvalue weighted by atomic mass is 10.2. The second kappa shape index (κ2) is 8.32. The van der Waals surface area contributed by atoms with E-state index in [0.717, 1.165) is 30.4 Å². The highest BCUT2D eigenvalue weighted by Gasteiger charge is 2.12. The number of imidazole rings is 1. The van der Waals surface area contributed by atoms with Gasteiger partial charge >= 0.3 is 5.69 Å². The number of pyridine rings is 1. The molecule has 0 aliphatic rings. The summed E-state index contributed by atoms with van der Waals surface area (Å²) in [6, 6.07) is 9.37. The maximum absolute atomic E-state index is 12.5. The summed E-state index contributed by atoms with van der Waals surface area (Å²) in [6.07, 6.45) is 4.63. The van der Waals surface area contributed by atoms with Gasteiger partial charge in [0.1, 0.15) is 5.65 Å². The van der Waals surface area contributed by atoms with Gasteiger partial charge in [0.2, 0.25) is 0 Å². The number of fused-ring (bicyclic) bond motifs is 2. The van der Waals surface area contributed by atoms with E-state index in [9.17, 15) is 14.4 Å². The number of rotatable bonds is 7. The summed E-state index contributed by atoms with van der Waals surface area (Å²) >= 11 is 0. The minimum atomic E-state index is -0.545. The quantitative estimate of drug-likeness (QED) is 0.453. The number of aryl methyl sites for hydroxylation is 2. The van der Waals surface area contributed by atoms with Crippen LogP contribution in [0.2, 0.25) is 0 Å². The number of aromatic nitrogens is 5. The van der Waals surface area contributed by atoms with Crippen molar-refractivity contribution < 1.29 is 4.79 Å². The lowest BCUT2D eigenvalue weighted by Gasteiger charge is -2.09. The Morgan fingerprint density at radius 2 is 2.00 bits per heavy atom. The van der Waals surface area contributed by atoms with Crippen LogP contribution in [0.15, 0.2) is 52.4 Å². The van der Waals surface area contributed by atoms with Gasteiger partial charge in [-0.25, -0.2) is 14.8 Å². The van der Waals surface area contributed by atoms with Crippen LogP contribution < -0.4 is 16.6 Å². The Bertz CT molecular complexity index is 1330. The first kappa shape index (κ1) is 19.6. The lowest BCUT2D eigenvalue weighted by Crippen LogP contribution is -2.31. The summed E-state index contributed by atoms with van der Waals surface area (Å²) in [7, 11) is 0. The molecule has 2 N–H and O–H groups in total. The number of hydrogen-bond donors (Lipinski definition) is 2. The van der Waals surface area contributed by atoms with Gasteiger partial charge in [0.05, 0.1) is 28.3 Å². The zero-order chi connectivity index (χ0) is 21.1. The van der Waals surface area contributed by atoms with Crippen molar-refractivity contribution in [3.05, 3.63) is 69.3 Å². The normalized spacial score (nSPS) is 11.2. The van der Waals surface area contributed by atoms with Crippen molar-refractivity contribution in [2.75, 3.05) is 6.54 Å². The van der Waals surface area contributed by atoms with Crippen LogP contribution in [0.3, 0.4) is 0 Å². The Morgan fingerprint density at radius 1 is 1.17 bits per heavy atom. The van der Waals surface area contributed by atoms with Gasteiger partial charge in [0.15, 0.2) is 0 Å². The predicted molar refractivity (Wildman–Crippen MR) is 114 cm³/mol. The number of nitrogens with zero attached hydrogens (tertiary/aromatic N) is 4. The second-order valence-electron chi connectivity index (χ2n) is 7.04. The number of amides is 1. The van der Waals surface area contributed by atoms with Crippen molar-refractivity contribution in [2.45, 2.75) is 32.9 Å². The number of para-hydroxylation sites is 2. The molecule has 0 aliphatic heterocycles. The Labute approximate surface area is 171 Å². The Hall–Kier alpha value is -3.75. The maximum Gasteiger partial charge on any atom is 0.329 e. The monoisotopic (exact) mass is 406 g/mol. The van der Waals surface area contributed by atoms with E-state index in [0.29, 0.717) is 13.1 Å². The zero-order valence-corrected chi connectivity index (χ0v) is 16.6. The summed E-state index contributed by atoms with van der Waals surface area (Å²) in [5.74, 6) is -0.312. The summed E-state index contributed by atoms with van der Waals surface area (Å²) in [5.41, 5.74) is 1.52. The number of H-pyrrole nitrogens is 1. The minimum Gasteiger partial charge on any atom is -0.352 e. The van der Waals surface area contributed by atoms with E-state index in [-0.39, 0.29) is 22.5 Å². The fourth-order valence-corrected chi connectivity index (χ4v) is 3.46. The predicted octanol–water partition coefficient (Wildman–Crippen LogP) is 1.66. The molecular formula is C21H22N6O3. The molecule has 1 aromatic carbocycles. The van der Waals surface area contributed by atoms with E-state index in [1.165, 1.54) is 16.8 Å². The van der Waals surface area contributed by atoms with Gasteiger partial charge in [-0.05, 0) is 31.0 Å². The standard InChI is InChI=1S/C21H22N6O3/c1-2-9-27-18-15(20(29)25-21(27)30)11-14(12-23-18)19(28)22-8-5-10-26-13-24-16-6-3-4-7-17(16)26/h3-4,6-7,11-13H,2,5,8-10H2,1H3,(H,22,28)(H,25,29,30). The average molecular weight is 406 g/mol. The van der Waals surface area contributed by atoms with Crippen LogP contribution in [0, 0.1) is 0 Å². The largest absolute Gasteiger partial charge is 0.352 e. The van der Waals surface area contributed by atoms with Gasteiger partial charge in [-0.1, -0.05) is 19.1 Å². The van der Waals surface area contributed by atoms with Crippen LogP contribution in [0.1, 0.15) is 30.1 Å². The molecule has 0 unspecified atom stereocenters. The topological polar surface area (TPSA) is 115 Å².